The van der Waals surface area contributed by atoms with Gasteiger partial charge in [-0.1, -0.05) is 13.8 Å². The number of nitrogens with zero attached hydrogens (tertiary/aromatic N) is 1. The lowest BCUT2D eigenvalue weighted by Gasteiger charge is -2.28. The first-order valence-corrected chi connectivity index (χ1v) is 6.18. The molecule has 2 saturated heterocycles. The molecule has 2 aliphatic heterocycles. The Morgan fingerprint density at radius 1 is 1.38 bits per heavy atom. The van der Waals surface area contributed by atoms with Crippen molar-refractivity contribution in [2.45, 2.75) is 38.8 Å². The van der Waals surface area contributed by atoms with Gasteiger partial charge in [-0.25, -0.2) is 0 Å². The molecule has 16 heavy (non-hydrogen) atoms. The topological polar surface area (TPSA) is 49.8 Å². The number of aliphatic hydroxyl groups excluding tert-OH is 1. The zero-order valence-electron chi connectivity index (χ0n) is 10.1. The second kappa shape index (κ2) is 4.72. The van der Waals surface area contributed by atoms with Crippen LogP contribution in [0.4, 0.5) is 0 Å². The van der Waals surface area contributed by atoms with Gasteiger partial charge in [0.1, 0.15) is 6.10 Å². The van der Waals surface area contributed by atoms with Gasteiger partial charge in [0.2, 0.25) is 0 Å². The second-order valence-corrected chi connectivity index (χ2v) is 5.10. The van der Waals surface area contributed by atoms with E-state index < -0.39 is 0 Å². The molecule has 0 aromatic carbocycles. The Balaban J connectivity index is 2.04. The summed E-state index contributed by atoms with van der Waals surface area (Å²) < 4.78 is 5.49. The Labute approximate surface area is 96.6 Å². The zero-order valence-corrected chi connectivity index (χ0v) is 10.1. The quantitative estimate of drug-likeness (QED) is 0.753. The van der Waals surface area contributed by atoms with Crippen molar-refractivity contribution in [3.63, 3.8) is 0 Å². The molecular weight excluding hydrogens is 206 g/mol. The van der Waals surface area contributed by atoms with Crippen LogP contribution in [-0.2, 0) is 9.53 Å². The van der Waals surface area contributed by atoms with E-state index >= 15 is 0 Å². The molecule has 2 aliphatic rings. The molecular formula is C12H21NO3. The predicted molar refractivity (Wildman–Crippen MR) is 59.9 cm³/mol. The maximum absolute atomic E-state index is 12.3. The summed E-state index contributed by atoms with van der Waals surface area (Å²) in [5, 5.41) is 9.33. The third-order valence-electron chi connectivity index (χ3n) is 3.98. The van der Waals surface area contributed by atoms with Crippen LogP contribution in [0, 0.1) is 11.8 Å². The highest BCUT2D eigenvalue weighted by atomic mass is 16.5. The number of amides is 1. The van der Waals surface area contributed by atoms with Crippen LogP contribution >= 0.6 is 0 Å². The number of carbonyl (C=O) groups excluding carboxylic acids is 1. The fourth-order valence-electron chi connectivity index (χ4n) is 2.73. The van der Waals surface area contributed by atoms with E-state index in [4.69, 9.17) is 4.74 Å². The molecule has 0 radical (unpaired) electrons. The predicted octanol–water partition coefficient (Wildman–Crippen LogP) is 0.641. The van der Waals surface area contributed by atoms with Crippen molar-refractivity contribution in [1.82, 2.24) is 4.90 Å². The monoisotopic (exact) mass is 227 g/mol. The summed E-state index contributed by atoms with van der Waals surface area (Å²) in [4.78, 5) is 14.1. The molecule has 0 aromatic rings. The molecule has 0 spiro atoms. The van der Waals surface area contributed by atoms with Gasteiger partial charge in [0.15, 0.2) is 0 Å². The van der Waals surface area contributed by atoms with E-state index in [1.807, 2.05) is 4.90 Å². The first-order chi connectivity index (χ1) is 7.65. The average molecular weight is 227 g/mol. The standard InChI is InChI=1S/C12H21NO3/c1-8-3-5-13(10(8)7-14)12(15)11-9(2)4-6-16-11/h8-11,14H,3-7H2,1-2H3. The van der Waals surface area contributed by atoms with Gasteiger partial charge in [-0.2, -0.15) is 0 Å². The van der Waals surface area contributed by atoms with Crippen LogP contribution in [-0.4, -0.2) is 47.8 Å². The van der Waals surface area contributed by atoms with Gasteiger partial charge in [0.05, 0.1) is 12.6 Å². The Morgan fingerprint density at radius 2 is 2.12 bits per heavy atom. The molecule has 4 heteroatoms. The molecule has 2 rings (SSSR count). The number of rotatable bonds is 2. The largest absolute Gasteiger partial charge is 0.394 e. The molecule has 0 saturated carbocycles. The fraction of sp³-hybridized carbons (Fsp3) is 0.917. The number of hydrogen-bond acceptors (Lipinski definition) is 3. The maximum Gasteiger partial charge on any atom is 0.252 e. The smallest absolute Gasteiger partial charge is 0.252 e. The van der Waals surface area contributed by atoms with E-state index in [0.717, 1.165) is 19.4 Å². The minimum absolute atomic E-state index is 0.0103. The van der Waals surface area contributed by atoms with Gasteiger partial charge in [-0.15, -0.1) is 0 Å². The van der Waals surface area contributed by atoms with E-state index in [0.29, 0.717) is 18.4 Å². The van der Waals surface area contributed by atoms with Crippen LogP contribution < -0.4 is 0 Å². The van der Waals surface area contributed by atoms with Crippen LogP contribution in [0.25, 0.3) is 0 Å². The first-order valence-electron chi connectivity index (χ1n) is 6.18. The Hall–Kier alpha value is -0.610. The molecule has 4 atom stereocenters. The number of ether oxygens (including phenoxy) is 1. The van der Waals surface area contributed by atoms with E-state index in [1.165, 1.54) is 0 Å². The van der Waals surface area contributed by atoms with Gasteiger partial charge in [-0.05, 0) is 24.7 Å². The van der Waals surface area contributed by atoms with Gasteiger partial charge < -0.3 is 14.7 Å². The highest BCUT2D eigenvalue weighted by Gasteiger charge is 2.40. The normalized spacial score (nSPS) is 39.3. The lowest BCUT2D eigenvalue weighted by molar-refractivity contribution is -0.144. The van der Waals surface area contributed by atoms with Crippen LogP contribution in [0.15, 0.2) is 0 Å². The van der Waals surface area contributed by atoms with E-state index in [9.17, 15) is 9.90 Å². The lowest BCUT2D eigenvalue weighted by Crippen LogP contribution is -2.46. The van der Waals surface area contributed by atoms with Crippen LogP contribution in [0.5, 0.6) is 0 Å². The highest BCUT2D eigenvalue weighted by Crippen LogP contribution is 2.28. The number of carbonyl (C=O) groups is 1. The Kier molecular flexibility index (Phi) is 3.50. The van der Waals surface area contributed by atoms with Crippen molar-refractivity contribution < 1.29 is 14.6 Å². The second-order valence-electron chi connectivity index (χ2n) is 5.10. The van der Waals surface area contributed by atoms with Crippen molar-refractivity contribution in [3.8, 4) is 0 Å². The summed E-state index contributed by atoms with van der Waals surface area (Å²) in [5.74, 6) is 0.779. The third-order valence-corrected chi connectivity index (χ3v) is 3.98. The van der Waals surface area contributed by atoms with E-state index in [1.54, 1.807) is 0 Å². The minimum Gasteiger partial charge on any atom is -0.394 e. The maximum atomic E-state index is 12.3. The summed E-state index contributed by atoms with van der Waals surface area (Å²) in [6.45, 7) is 5.66. The minimum atomic E-state index is -0.278. The Bertz CT molecular complexity index is 269. The third kappa shape index (κ3) is 1.96. The van der Waals surface area contributed by atoms with Crippen molar-refractivity contribution >= 4 is 5.91 Å². The van der Waals surface area contributed by atoms with Gasteiger partial charge in [0.25, 0.3) is 5.91 Å². The molecule has 2 fully saturated rings. The molecule has 0 aromatic heterocycles. The molecule has 4 unspecified atom stereocenters. The fourth-order valence-corrected chi connectivity index (χ4v) is 2.73. The molecule has 2 heterocycles. The van der Waals surface area contributed by atoms with Crippen molar-refractivity contribution in [3.05, 3.63) is 0 Å². The van der Waals surface area contributed by atoms with Crippen LogP contribution in [0.1, 0.15) is 26.7 Å². The zero-order chi connectivity index (χ0) is 11.7. The molecule has 0 aliphatic carbocycles. The van der Waals surface area contributed by atoms with E-state index in [-0.39, 0.29) is 24.7 Å². The SMILES string of the molecule is CC1CCOC1C(=O)N1CCC(C)C1CO. The van der Waals surface area contributed by atoms with Crippen molar-refractivity contribution in [2.24, 2.45) is 11.8 Å². The molecule has 92 valence electrons. The van der Waals surface area contributed by atoms with Gasteiger partial charge >= 0.3 is 0 Å². The molecule has 0 bridgehead atoms. The first kappa shape index (κ1) is 11.9. The van der Waals surface area contributed by atoms with Crippen LogP contribution in [0.2, 0.25) is 0 Å². The molecule has 1 N–H and O–H groups in total. The number of likely N-dealkylation sites (tertiary alicyclic amines) is 1. The number of aliphatic hydroxyl groups is 1. The Morgan fingerprint density at radius 3 is 2.69 bits per heavy atom. The molecule has 4 nitrogen and oxygen atoms in total. The van der Waals surface area contributed by atoms with Crippen molar-refractivity contribution in [2.75, 3.05) is 19.8 Å². The summed E-state index contributed by atoms with van der Waals surface area (Å²) >= 11 is 0. The van der Waals surface area contributed by atoms with Gasteiger partial charge in [-0.3, -0.25) is 4.79 Å². The lowest BCUT2D eigenvalue weighted by atomic mass is 10.0. The van der Waals surface area contributed by atoms with Crippen LogP contribution in [0.3, 0.4) is 0 Å². The van der Waals surface area contributed by atoms with Crippen molar-refractivity contribution in [1.29, 1.82) is 0 Å². The highest BCUT2D eigenvalue weighted by molar-refractivity contribution is 5.82. The summed E-state index contributed by atoms with van der Waals surface area (Å²) in [5.41, 5.74) is 0. The summed E-state index contributed by atoms with van der Waals surface area (Å²) in [6.07, 6.45) is 1.67. The summed E-state index contributed by atoms with van der Waals surface area (Å²) in [7, 11) is 0. The number of hydrogen-bond donors (Lipinski definition) is 1. The molecule has 1 amide bonds. The van der Waals surface area contributed by atoms with Gasteiger partial charge in [0, 0.05) is 13.2 Å². The summed E-state index contributed by atoms with van der Waals surface area (Å²) in [6, 6.07) is -0.0103. The average Bonchev–Trinajstić information content (AvgIpc) is 2.83. The van der Waals surface area contributed by atoms with E-state index in [2.05, 4.69) is 13.8 Å².